The molecule has 6 nitrogen and oxygen atoms in total. The SMILES string of the molecule is C=CC1=[C-]CC=C1C.O=[C-]O.O=[C-]O.O=[C-]O.[Mn]. The Bertz CT molecular complexity index is 269. The van der Waals surface area contributed by atoms with Gasteiger partial charge in [-0.15, -0.1) is 6.08 Å². The minimum atomic E-state index is 0. The fraction of sp³-hybridized carbons (Fsp3) is 0.182. The molecule has 0 amide bonds. The van der Waals surface area contributed by atoms with E-state index in [4.69, 9.17) is 29.7 Å². The zero-order valence-electron chi connectivity index (χ0n) is 9.51. The Hall–Kier alpha value is -1.85. The van der Waals surface area contributed by atoms with Crippen molar-refractivity contribution in [1.29, 1.82) is 0 Å². The van der Waals surface area contributed by atoms with Crippen molar-refractivity contribution < 1.29 is 46.8 Å². The molecule has 1 aliphatic rings. The monoisotopic (exact) mass is 295 g/mol. The number of aliphatic hydroxyl groups excluding tert-OH is 3. The van der Waals surface area contributed by atoms with E-state index in [-0.39, 0.29) is 17.1 Å². The maximum Gasteiger partial charge on any atom is 0 e. The van der Waals surface area contributed by atoms with Gasteiger partial charge in [-0.05, 0) is 0 Å². The topological polar surface area (TPSA) is 112 Å². The van der Waals surface area contributed by atoms with Crippen LogP contribution in [0.4, 0.5) is 0 Å². The van der Waals surface area contributed by atoms with Gasteiger partial charge in [0.05, 0.1) is 0 Å². The Morgan fingerprint density at radius 3 is 1.67 bits per heavy atom. The van der Waals surface area contributed by atoms with Gasteiger partial charge >= 0.3 is 0 Å². The van der Waals surface area contributed by atoms with Crippen molar-refractivity contribution >= 4 is 19.4 Å². The molecule has 0 atom stereocenters. The molecule has 1 aliphatic carbocycles. The van der Waals surface area contributed by atoms with Crippen LogP contribution in [-0.4, -0.2) is 34.7 Å². The quantitative estimate of drug-likeness (QED) is 0.493. The number of allylic oxidation sites excluding steroid dienone is 5. The third kappa shape index (κ3) is 23.8. The average molecular weight is 295 g/mol. The summed E-state index contributed by atoms with van der Waals surface area (Å²) in [5.41, 5.74) is 2.48. The standard InChI is InChI=1S/C8H9.3CHO2.Mn/c1-3-8-6-4-5-7(8)2;3*2-1-3;/h3,5H,1,4H2,2H3;3*(H,2,3);/q4*-1;. The molecular weight excluding hydrogens is 283 g/mol. The molecule has 0 aromatic carbocycles. The van der Waals surface area contributed by atoms with Crippen LogP contribution >= 0.6 is 0 Å². The predicted molar refractivity (Wildman–Crippen MR) is 60.3 cm³/mol. The molecule has 7 heteroatoms. The van der Waals surface area contributed by atoms with Crippen LogP contribution in [0, 0.1) is 6.08 Å². The van der Waals surface area contributed by atoms with Gasteiger partial charge in [-0.25, -0.2) is 0 Å². The Morgan fingerprint density at radius 2 is 1.56 bits per heavy atom. The molecule has 0 saturated carbocycles. The van der Waals surface area contributed by atoms with Crippen LogP contribution in [-0.2, 0) is 31.5 Å². The minimum absolute atomic E-state index is 0. The van der Waals surface area contributed by atoms with E-state index in [2.05, 4.69) is 25.7 Å². The van der Waals surface area contributed by atoms with E-state index in [0.717, 1.165) is 6.42 Å². The van der Waals surface area contributed by atoms with E-state index in [1.54, 1.807) is 0 Å². The van der Waals surface area contributed by atoms with Gasteiger partial charge < -0.3 is 29.7 Å². The second kappa shape index (κ2) is 24.4. The molecule has 0 bridgehead atoms. The molecule has 0 heterocycles. The molecule has 0 aromatic rings. The fourth-order valence-electron chi connectivity index (χ4n) is 0.797. The summed E-state index contributed by atoms with van der Waals surface area (Å²) in [6.07, 6.45) is 8.12. The Kier molecular flexibility index (Phi) is 34.0. The molecular formula is C11H12MnO6-4. The first-order chi connectivity index (χ1) is 8.09. The second-order valence-corrected chi connectivity index (χ2v) is 2.16. The first-order valence-corrected chi connectivity index (χ1v) is 4.03. The van der Waals surface area contributed by atoms with E-state index in [9.17, 15) is 0 Å². The van der Waals surface area contributed by atoms with Crippen LogP contribution in [0.5, 0.6) is 0 Å². The summed E-state index contributed by atoms with van der Waals surface area (Å²) in [7, 11) is 0. The van der Waals surface area contributed by atoms with Gasteiger partial charge in [0.2, 0.25) is 0 Å². The third-order valence-corrected chi connectivity index (χ3v) is 1.33. The molecule has 0 aliphatic heterocycles. The van der Waals surface area contributed by atoms with Crippen LogP contribution in [0.1, 0.15) is 13.3 Å². The van der Waals surface area contributed by atoms with Crippen molar-refractivity contribution in [2.45, 2.75) is 13.3 Å². The summed E-state index contributed by atoms with van der Waals surface area (Å²) >= 11 is 0. The van der Waals surface area contributed by atoms with Gasteiger partial charge in [0.1, 0.15) is 0 Å². The maximum absolute atomic E-state index is 8.24. The van der Waals surface area contributed by atoms with E-state index < -0.39 is 0 Å². The number of hydrogen-bond acceptors (Lipinski definition) is 3. The third-order valence-electron chi connectivity index (χ3n) is 1.33. The number of hydrogen-bond donors (Lipinski definition) is 3. The van der Waals surface area contributed by atoms with Gasteiger partial charge in [-0.3, -0.25) is 0 Å². The van der Waals surface area contributed by atoms with E-state index in [0.29, 0.717) is 19.4 Å². The molecule has 0 spiro atoms. The first-order valence-electron chi connectivity index (χ1n) is 4.03. The second-order valence-electron chi connectivity index (χ2n) is 2.16. The zero-order chi connectivity index (χ0) is 14.1. The Labute approximate surface area is 116 Å². The summed E-state index contributed by atoms with van der Waals surface area (Å²) in [5.74, 6) is 0. The van der Waals surface area contributed by atoms with Crippen LogP contribution in [0.3, 0.4) is 0 Å². The summed E-state index contributed by atoms with van der Waals surface area (Å²) in [4.78, 5) is 24.7. The molecule has 1 rings (SSSR count). The summed E-state index contributed by atoms with van der Waals surface area (Å²) in [5, 5.41) is 20.3. The van der Waals surface area contributed by atoms with Crippen molar-refractivity contribution in [2.24, 2.45) is 0 Å². The smallest absolute Gasteiger partial charge is 0 e. The van der Waals surface area contributed by atoms with Gasteiger partial charge in [-0.1, -0.05) is 32.8 Å². The van der Waals surface area contributed by atoms with Crippen molar-refractivity contribution in [2.75, 3.05) is 0 Å². The van der Waals surface area contributed by atoms with Gasteiger partial charge in [-0.2, -0.15) is 29.9 Å². The molecule has 0 aromatic heterocycles. The average Bonchev–Trinajstić information content (AvgIpc) is 2.67. The molecule has 0 saturated heterocycles. The molecule has 0 fully saturated rings. The maximum atomic E-state index is 8.24. The van der Waals surface area contributed by atoms with E-state index >= 15 is 0 Å². The van der Waals surface area contributed by atoms with Gasteiger partial charge in [0.15, 0.2) is 0 Å². The van der Waals surface area contributed by atoms with Gasteiger partial charge in [0, 0.05) is 17.1 Å². The minimum Gasteiger partial charge on any atom is -0.665 e. The fourth-order valence-corrected chi connectivity index (χ4v) is 0.797. The van der Waals surface area contributed by atoms with E-state index in [1.165, 1.54) is 11.1 Å². The Balaban J connectivity index is -0.0000000840. The van der Waals surface area contributed by atoms with E-state index in [1.807, 2.05) is 6.08 Å². The molecule has 3 N–H and O–H groups in total. The predicted octanol–water partition coefficient (Wildman–Crippen LogP) is 1.08. The summed E-state index contributed by atoms with van der Waals surface area (Å²) < 4.78 is 0. The van der Waals surface area contributed by atoms with Crippen molar-refractivity contribution in [3.8, 4) is 0 Å². The largest absolute Gasteiger partial charge is 0.665 e. The molecule has 0 unspecified atom stereocenters. The molecule has 18 heavy (non-hydrogen) atoms. The molecule has 1 radical (unpaired) electrons. The normalized spacial score (nSPS) is 9.83. The zero-order valence-corrected chi connectivity index (χ0v) is 10.7. The van der Waals surface area contributed by atoms with Crippen molar-refractivity contribution in [3.63, 3.8) is 0 Å². The van der Waals surface area contributed by atoms with Crippen LogP contribution in [0.25, 0.3) is 0 Å². The molecule has 103 valence electrons. The van der Waals surface area contributed by atoms with Gasteiger partial charge in [0.25, 0.3) is 0 Å². The van der Waals surface area contributed by atoms with Crippen LogP contribution in [0.2, 0.25) is 0 Å². The first kappa shape index (κ1) is 25.1. The van der Waals surface area contributed by atoms with Crippen LogP contribution in [0.15, 0.2) is 29.9 Å². The Morgan fingerprint density at radius 1 is 1.22 bits per heavy atom. The van der Waals surface area contributed by atoms with Crippen molar-refractivity contribution in [3.05, 3.63) is 36.0 Å². The van der Waals surface area contributed by atoms with Crippen LogP contribution < -0.4 is 0 Å². The summed E-state index contributed by atoms with van der Waals surface area (Å²) in [6, 6.07) is 0. The summed E-state index contributed by atoms with van der Waals surface area (Å²) in [6.45, 7) is 7.23. The van der Waals surface area contributed by atoms with Crippen molar-refractivity contribution in [1.82, 2.24) is 0 Å². The number of rotatable bonds is 1.